The van der Waals surface area contributed by atoms with Gasteiger partial charge in [-0.25, -0.2) is 4.98 Å². The lowest BCUT2D eigenvalue weighted by Gasteiger charge is -2.13. The molecule has 6 nitrogen and oxygen atoms in total. The molecule has 4 aromatic rings. The summed E-state index contributed by atoms with van der Waals surface area (Å²) in [6.45, 7) is 0. The molecule has 29 heavy (non-hydrogen) atoms. The number of halogens is 1. The van der Waals surface area contributed by atoms with Crippen molar-refractivity contribution in [3.8, 4) is 11.4 Å². The molecular formula is C22H16ClN3O3. The number of benzene rings is 3. The van der Waals surface area contributed by atoms with Crippen LogP contribution in [0.15, 0.2) is 77.9 Å². The van der Waals surface area contributed by atoms with E-state index in [0.717, 1.165) is 0 Å². The average molecular weight is 406 g/mol. The van der Waals surface area contributed by atoms with Crippen LogP contribution in [0.5, 0.6) is 5.75 Å². The molecule has 3 aromatic carbocycles. The van der Waals surface area contributed by atoms with E-state index in [4.69, 9.17) is 16.3 Å². The number of hydrogen-bond donors (Lipinski definition) is 1. The molecule has 1 N–H and O–H groups in total. The van der Waals surface area contributed by atoms with Gasteiger partial charge in [0.05, 0.1) is 34.3 Å². The Bertz CT molecular complexity index is 1280. The first kappa shape index (κ1) is 18.7. The van der Waals surface area contributed by atoms with Gasteiger partial charge in [0.2, 0.25) is 0 Å². The molecule has 0 saturated carbocycles. The fourth-order valence-corrected chi connectivity index (χ4v) is 3.32. The third-order valence-electron chi connectivity index (χ3n) is 4.48. The number of fused-ring (bicyclic) bond motifs is 1. The standard InChI is InChI=1S/C22H16ClN3O3/c1-29-20-11-10-14(12-17(20)23)25-21(27)16-7-3-5-9-19(16)26-13-24-18-8-4-2-6-15(18)22(26)28/h2-13H,1H3,(H,25,27). The molecule has 7 heteroatoms. The average Bonchev–Trinajstić information content (AvgIpc) is 2.74. The number of aromatic nitrogens is 2. The van der Waals surface area contributed by atoms with Crippen LogP contribution >= 0.6 is 11.6 Å². The van der Waals surface area contributed by atoms with E-state index in [1.807, 2.05) is 6.07 Å². The van der Waals surface area contributed by atoms with E-state index in [2.05, 4.69) is 10.3 Å². The van der Waals surface area contributed by atoms with Crippen molar-refractivity contribution in [2.75, 3.05) is 12.4 Å². The normalized spacial score (nSPS) is 10.7. The van der Waals surface area contributed by atoms with Crippen molar-refractivity contribution in [1.82, 2.24) is 9.55 Å². The van der Waals surface area contributed by atoms with Gasteiger partial charge in [0, 0.05) is 5.69 Å². The Morgan fingerprint density at radius 2 is 1.83 bits per heavy atom. The quantitative estimate of drug-likeness (QED) is 0.549. The van der Waals surface area contributed by atoms with Crippen LogP contribution in [0.25, 0.3) is 16.6 Å². The minimum Gasteiger partial charge on any atom is -0.495 e. The van der Waals surface area contributed by atoms with E-state index in [9.17, 15) is 9.59 Å². The van der Waals surface area contributed by atoms with Crippen LogP contribution in [-0.4, -0.2) is 22.6 Å². The van der Waals surface area contributed by atoms with Crippen LogP contribution in [0.4, 0.5) is 5.69 Å². The number of carbonyl (C=O) groups is 1. The van der Waals surface area contributed by atoms with Crippen LogP contribution in [0.3, 0.4) is 0 Å². The molecule has 1 heterocycles. The molecule has 0 aliphatic carbocycles. The van der Waals surface area contributed by atoms with E-state index in [1.54, 1.807) is 60.7 Å². The number of rotatable bonds is 4. The monoisotopic (exact) mass is 405 g/mol. The van der Waals surface area contributed by atoms with Crippen LogP contribution in [0, 0.1) is 0 Å². The lowest BCUT2D eigenvalue weighted by molar-refractivity contribution is 0.102. The van der Waals surface area contributed by atoms with E-state index >= 15 is 0 Å². The van der Waals surface area contributed by atoms with Crippen LogP contribution < -0.4 is 15.6 Å². The number of nitrogens with one attached hydrogen (secondary N) is 1. The van der Waals surface area contributed by atoms with Crippen molar-refractivity contribution in [1.29, 1.82) is 0 Å². The highest BCUT2D eigenvalue weighted by atomic mass is 35.5. The molecule has 1 amide bonds. The van der Waals surface area contributed by atoms with Crippen molar-refractivity contribution < 1.29 is 9.53 Å². The topological polar surface area (TPSA) is 73.2 Å². The number of ether oxygens (including phenoxy) is 1. The summed E-state index contributed by atoms with van der Waals surface area (Å²) in [4.78, 5) is 30.2. The zero-order valence-corrected chi connectivity index (χ0v) is 16.2. The van der Waals surface area contributed by atoms with Gasteiger partial charge in [0.15, 0.2) is 0 Å². The molecule has 0 radical (unpaired) electrons. The summed E-state index contributed by atoms with van der Waals surface area (Å²) in [6, 6.07) is 18.9. The smallest absolute Gasteiger partial charge is 0.265 e. The highest BCUT2D eigenvalue weighted by Crippen LogP contribution is 2.27. The molecule has 1 aromatic heterocycles. The molecule has 0 aliphatic heterocycles. The molecule has 0 unspecified atom stereocenters. The fraction of sp³-hybridized carbons (Fsp3) is 0.0455. The van der Waals surface area contributed by atoms with E-state index in [-0.39, 0.29) is 11.5 Å². The van der Waals surface area contributed by atoms with Crippen LogP contribution in [-0.2, 0) is 0 Å². The first-order chi connectivity index (χ1) is 14.1. The number of amides is 1. The summed E-state index contributed by atoms with van der Waals surface area (Å²) in [5.74, 6) is 0.140. The number of carbonyl (C=O) groups excluding carboxylic acids is 1. The SMILES string of the molecule is COc1ccc(NC(=O)c2ccccc2-n2cnc3ccccc3c2=O)cc1Cl. The Hall–Kier alpha value is -3.64. The van der Waals surface area contributed by atoms with Crippen molar-refractivity contribution in [3.63, 3.8) is 0 Å². The zero-order chi connectivity index (χ0) is 20.4. The molecule has 144 valence electrons. The van der Waals surface area contributed by atoms with Gasteiger partial charge < -0.3 is 10.1 Å². The Kier molecular flexibility index (Phi) is 5.01. The van der Waals surface area contributed by atoms with Crippen molar-refractivity contribution in [2.24, 2.45) is 0 Å². The molecular weight excluding hydrogens is 390 g/mol. The van der Waals surface area contributed by atoms with Gasteiger partial charge in [-0.1, -0.05) is 35.9 Å². The molecule has 0 saturated heterocycles. The van der Waals surface area contributed by atoms with E-state index in [1.165, 1.54) is 18.0 Å². The van der Waals surface area contributed by atoms with Crippen LogP contribution in [0.1, 0.15) is 10.4 Å². The Balaban J connectivity index is 1.74. The maximum absolute atomic E-state index is 12.9. The first-order valence-electron chi connectivity index (χ1n) is 8.79. The lowest BCUT2D eigenvalue weighted by Crippen LogP contribution is -2.22. The summed E-state index contributed by atoms with van der Waals surface area (Å²) in [5.41, 5.74) is 1.64. The summed E-state index contributed by atoms with van der Waals surface area (Å²) in [6.07, 6.45) is 1.43. The Labute approximate surface area is 171 Å². The summed E-state index contributed by atoms with van der Waals surface area (Å²) < 4.78 is 6.50. The number of nitrogens with zero attached hydrogens (tertiary/aromatic N) is 2. The second kappa shape index (κ2) is 7.77. The first-order valence-corrected chi connectivity index (χ1v) is 9.17. The Morgan fingerprint density at radius 1 is 1.07 bits per heavy atom. The molecule has 0 atom stereocenters. The summed E-state index contributed by atoms with van der Waals surface area (Å²) in [5, 5.41) is 3.66. The molecule has 0 bridgehead atoms. The minimum absolute atomic E-state index is 0.247. The zero-order valence-electron chi connectivity index (χ0n) is 15.4. The number of methoxy groups -OCH3 is 1. The molecule has 0 spiro atoms. The van der Waals surface area contributed by atoms with Crippen molar-refractivity contribution >= 4 is 34.1 Å². The second-order valence-electron chi connectivity index (χ2n) is 6.26. The second-order valence-corrected chi connectivity index (χ2v) is 6.66. The van der Waals surface area contributed by atoms with Gasteiger partial charge in [-0.2, -0.15) is 0 Å². The van der Waals surface area contributed by atoms with Gasteiger partial charge in [-0.3, -0.25) is 14.2 Å². The van der Waals surface area contributed by atoms with Crippen molar-refractivity contribution in [2.45, 2.75) is 0 Å². The van der Waals surface area contributed by atoms with Gasteiger partial charge in [0.1, 0.15) is 12.1 Å². The summed E-state index contributed by atoms with van der Waals surface area (Å²) >= 11 is 6.13. The third-order valence-corrected chi connectivity index (χ3v) is 4.78. The van der Waals surface area contributed by atoms with Gasteiger partial charge >= 0.3 is 0 Å². The van der Waals surface area contributed by atoms with Gasteiger partial charge in [-0.15, -0.1) is 0 Å². The predicted molar refractivity (Wildman–Crippen MR) is 113 cm³/mol. The van der Waals surface area contributed by atoms with E-state index in [0.29, 0.717) is 38.6 Å². The minimum atomic E-state index is -0.373. The third kappa shape index (κ3) is 3.58. The van der Waals surface area contributed by atoms with E-state index < -0.39 is 0 Å². The van der Waals surface area contributed by atoms with Gasteiger partial charge in [-0.05, 0) is 42.5 Å². The summed E-state index contributed by atoms with van der Waals surface area (Å²) in [7, 11) is 1.52. The lowest BCUT2D eigenvalue weighted by atomic mass is 10.1. The maximum Gasteiger partial charge on any atom is 0.265 e. The fourth-order valence-electron chi connectivity index (χ4n) is 3.06. The predicted octanol–water partition coefficient (Wildman–Crippen LogP) is 4.30. The van der Waals surface area contributed by atoms with Crippen molar-refractivity contribution in [3.05, 3.63) is 94.0 Å². The molecule has 4 rings (SSSR count). The largest absolute Gasteiger partial charge is 0.495 e. The number of para-hydroxylation sites is 2. The molecule has 0 aliphatic rings. The molecule has 0 fully saturated rings. The Morgan fingerprint density at radius 3 is 2.62 bits per heavy atom. The maximum atomic E-state index is 12.9. The van der Waals surface area contributed by atoms with Crippen LogP contribution in [0.2, 0.25) is 5.02 Å². The van der Waals surface area contributed by atoms with Gasteiger partial charge in [0.25, 0.3) is 11.5 Å². The highest BCUT2D eigenvalue weighted by Gasteiger charge is 2.15. The highest BCUT2D eigenvalue weighted by molar-refractivity contribution is 6.32. The number of anilines is 1. The number of hydrogen-bond acceptors (Lipinski definition) is 4.